The first-order chi connectivity index (χ1) is 57.8. The predicted octanol–water partition coefficient (Wildman–Crippen LogP) is 10.6. The van der Waals surface area contributed by atoms with Crippen molar-refractivity contribution in [3.05, 3.63) is 107 Å². The van der Waals surface area contributed by atoms with Gasteiger partial charge in [0, 0.05) is 51.2 Å². The molecule has 2 aromatic carbocycles. The number of carbonyl (C=O) groups is 4. The van der Waals surface area contributed by atoms with Crippen LogP contribution in [-0.4, -0.2) is 261 Å². The van der Waals surface area contributed by atoms with Crippen LogP contribution < -0.4 is 16.8 Å². The van der Waals surface area contributed by atoms with Crippen molar-refractivity contribution in [2.24, 2.45) is 23.7 Å². The third-order valence-electron chi connectivity index (χ3n) is 23.1. The first kappa shape index (κ1) is 93.7. The van der Waals surface area contributed by atoms with Crippen molar-refractivity contribution in [2.75, 3.05) is 151 Å². The molecule has 3 fully saturated rings. The van der Waals surface area contributed by atoms with E-state index in [1.54, 1.807) is 25.0 Å². The molecule has 4 aliphatic heterocycles. The number of hydrogen-bond acceptors (Lipinski definition) is 26. The molecule has 3 aromatic heterocycles. The highest BCUT2D eigenvalue weighted by atomic mass is 32.1. The molecule has 29 nitrogen and oxygen atoms in total. The normalized spacial score (nSPS) is 25.9. The maximum atomic E-state index is 14.2. The lowest BCUT2D eigenvalue weighted by Gasteiger charge is -2.38. The molecule has 10 rings (SSSR count). The number of carbonyl (C=O) groups excluding carboxylic acids is 4. The van der Waals surface area contributed by atoms with Crippen molar-refractivity contribution in [1.29, 1.82) is 0 Å². The standard InChI is InChI=1S/C89H130N10O19S/c1-60-13-8-7-9-14-62(3)77(106-6)55-73-16-12-17-76(116-73)83(103)87(105)98-33-11-10-15-70(98)58-115-71(25-18-61(2)52-64(5)82(102)84(104)81(101)63(4)51-60)26-20-65-21-27-72(28-22-65)117-89(119)92-32-36-108-38-40-110-42-44-112-46-48-114-50-49-113-47-45-111-43-41-109-39-37-107-35-31-78(100)97-34-30-67-53-66(19-23-69(67)57-97)56-99-86-79(85(90)93-59-94-86)80(96-99)68-24-29-75-74(54-68)95-88(91)118-75/h7-9,13-14,19,23-24,29,52-54,59-61,63,65,70-73,76-77,82,84,102,104H,10-12,15-18,20-22,25-28,30-51,55-58H2,1-6H3,(H2,91,95)(H,92,119)(H2,90,93,94)/b9-7+,13-8+,62-14+,64-52+/t60-,61+,63-,65?,70+,71?,72?,73+,76?,77+,82-,84+/m1/s1. The monoisotopic (exact) mass is 1670 g/mol. The summed E-state index contributed by atoms with van der Waals surface area (Å²) in [4.78, 5) is 71.7. The first-order valence-electron chi connectivity index (χ1n) is 43.1. The van der Waals surface area contributed by atoms with Crippen molar-refractivity contribution < 1.29 is 90.7 Å². The number of nitrogens with zero attached hydrogens (tertiary/aromatic N) is 7. The van der Waals surface area contributed by atoms with Crippen LogP contribution >= 0.6 is 12.2 Å². The predicted molar refractivity (Wildman–Crippen MR) is 456 cm³/mol. The minimum absolute atomic E-state index is 0.00987. The zero-order chi connectivity index (χ0) is 84.3. The number of methoxy groups -OCH3 is 1. The SMILES string of the molecule is CO[C@H]1C[C@@H]2CCCC(O2)C(=O)C(=O)N2CCCC[C@H]2COC(CCC2CCC(OC(=S)NCCOCCOCCOCCOCCOCCOCCOCCOCCC(=O)N3CCc4cc(Cn5nc(-c6ccc7oc(N)nc7c6)c6c(N)ncnc65)ccc4C3)CC2)CC[C@H](C)/C=C(\C)[C@@H](O)[C@@H](O)C(=O)[C@H](C)C[C@H](C)/C=C/C=C/C=C/1C. The van der Waals surface area contributed by atoms with E-state index in [1.165, 1.54) is 11.9 Å². The van der Waals surface area contributed by atoms with Gasteiger partial charge in [-0.05, 0) is 193 Å². The molecule has 7 N–H and O–H groups in total. The van der Waals surface area contributed by atoms with E-state index in [-0.39, 0.29) is 60.0 Å². The molecule has 2 saturated heterocycles. The average Bonchev–Trinajstić information content (AvgIpc) is 1.61. The van der Waals surface area contributed by atoms with Crippen molar-refractivity contribution in [1.82, 2.24) is 39.8 Å². The molecule has 7 heterocycles. The number of anilines is 2. The van der Waals surface area contributed by atoms with Gasteiger partial charge in [-0.15, -0.1) is 0 Å². The summed E-state index contributed by atoms with van der Waals surface area (Å²) in [5.74, 6) is -0.905. The number of allylic oxidation sites excluding steroid dienone is 6. The number of oxazole rings is 1. The number of fused-ring (bicyclic) bond motifs is 6. The fraction of sp³-hybridized carbons (Fsp3) is 0.652. The lowest BCUT2D eigenvalue weighted by atomic mass is 9.83. The molecular formula is C89H130N10O19S. The number of nitrogens with two attached hydrogens (primary N) is 2. The van der Waals surface area contributed by atoms with Crippen molar-refractivity contribution in [3.63, 3.8) is 0 Å². The zero-order valence-electron chi connectivity index (χ0n) is 70.7. The Morgan fingerprint density at radius 1 is 0.689 bits per heavy atom. The molecule has 0 spiro atoms. The lowest BCUT2D eigenvalue weighted by Crippen LogP contribution is -2.52. The quantitative estimate of drug-likeness (QED) is 0.0109. The molecule has 10 atom stereocenters. The Hall–Kier alpha value is -7.53. The number of Topliss-reactive ketones (excluding diaryl/α,β-unsaturated/α-hetero) is 2. The molecule has 1 saturated carbocycles. The van der Waals surface area contributed by atoms with Crippen molar-refractivity contribution >= 4 is 74.7 Å². The Bertz CT molecular complexity index is 4110. The summed E-state index contributed by atoms with van der Waals surface area (Å²) in [5, 5.41) is 31.6. The zero-order valence-corrected chi connectivity index (χ0v) is 71.6. The maximum Gasteiger partial charge on any atom is 0.293 e. The molecule has 30 heteroatoms. The molecule has 5 aliphatic rings. The third-order valence-corrected chi connectivity index (χ3v) is 23.3. The molecular weight excluding hydrogens is 1550 g/mol. The summed E-state index contributed by atoms with van der Waals surface area (Å²) < 4.78 is 78.0. The van der Waals surface area contributed by atoms with Crippen LogP contribution in [0.25, 0.3) is 33.4 Å². The number of hydrogen-bond donors (Lipinski definition) is 5. The van der Waals surface area contributed by atoms with E-state index >= 15 is 0 Å². The van der Waals surface area contributed by atoms with Gasteiger partial charge < -0.3 is 98.1 Å². The molecule has 2 unspecified atom stereocenters. The number of amides is 2. The van der Waals surface area contributed by atoms with E-state index in [9.17, 15) is 29.4 Å². The number of rotatable bonds is 35. The third kappa shape index (κ3) is 30.2. The fourth-order valence-corrected chi connectivity index (χ4v) is 16.5. The number of ether oxygens (including phenoxy) is 12. The molecule has 5 aromatic rings. The smallest absolute Gasteiger partial charge is 0.293 e. The topological polar surface area (TPSA) is 360 Å². The van der Waals surface area contributed by atoms with Crippen LogP contribution in [0.1, 0.15) is 160 Å². The number of aliphatic hydroxyl groups is 2. The van der Waals surface area contributed by atoms with E-state index in [0.717, 1.165) is 112 Å². The minimum atomic E-state index is -1.54. The van der Waals surface area contributed by atoms with E-state index in [2.05, 4.69) is 45.4 Å². The Morgan fingerprint density at radius 2 is 1.38 bits per heavy atom. The Morgan fingerprint density at radius 3 is 2.08 bits per heavy atom. The van der Waals surface area contributed by atoms with Crippen molar-refractivity contribution in [3.8, 4) is 11.3 Å². The summed E-state index contributed by atoms with van der Waals surface area (Å²) in [6.07, 6.45) is 22.6. The van der Waals surface area contributed by atoms with Gasteiger partial charge in [-0.3, -0.25) is 19.2 Å². The van der Waals surface area contributed by atoms with Crippen LogP contribution in [0.15, 0.2) is 94.7 Å². The minimum Gasteiger partial charge on any atom is -0.468 e. The van der Waals surface area contributed by atoms with Crippen LogP contribution in [0.5, 0.6) is 0 Å². The number of aliphatic hydroxyl groups excluding tert-OH is 2. The molecule has 1 aliphatic carbocycles. The van der Waals surface area contributed by atoms with Gasteiger partial charge >= 0.3 is 0 Å². The molecule has 0 radical (unpaired) electrons. The summed E-state index contributed by atoms with van der Waals surface area (Å²) in [6, 6.07) is 11.7. The van der Waals surface area contributed by atoms with E-state index in [4.69, 9.17) is 90.0 Å². The molecule has 2 amide bonds. The summed E-state index contributed by atoms with van der Waals surface area (Å²) in [7, 11) is 1.67. The second-order valence-electron chi connectivity index (χ2n) is 32.2. The van der Waals surface area contributed by atoms with Crippen LogP contribution in [0.3, 0.4) is 0 Å². The van der Waals surface area contributed by atoms with Gasteiger partial charge in [0.25, 0.3) is 17.1 Å². The number of nitrogens with one attached hydrogen (secondary N) is 1. The highest BCUT2D eigenvalue weighted by Crippen LogP contribution is 2.36. The number of piperidine rings is 1. The fourth-order valence-electron chi connectivity index (χ4n) is 16.3. The van der Waals surface area contributed by atoms with Gasteiger partial charge in [-0.1, -0.05) is 75.4 Å². The van der Waals surface area contributed by atoms with Gasteiger partial charge in [-0.25, -0.2) is 14.6 Å². The van der Waals surface area contributed by atoms with Crippen LogP contribution in [0, 0.1) is 23.7 Å². The van der Waals surface area contributed by atoms with Crippen LogP contribution in [0.4, 0.5) is 11.8 Å². The largest absolute Gasteiger partial charge is 0.468 e. The lowest BCUT2D eigenvalue weighted by molar-refractivity contribution is -0.159. The van der Waals surface area contributed by atoms with E-state index in [1.807, 2.05) is 78.9 Å². The van der Waals surface area contributed by atoms with E-state index in [0.29, 0.717) is 221 Å². The van der Waals surface area contributed by atoms with E-state index < -0.39 is 35.9 Å². The number of benzene rings is 2. The molecule has 2 bridgehead atoms. The van der Waals surface area contributed by atoms with Gasteiger partial charge in [0.15, 0.2) is 17.0 Å². The van der Waals surface area contributed by atoms with Crippen LogP contribution in [-0.2, 0) is 95.5 Å². The Kier molecular flexibility index (Phi) is 39.5. The van der Waals surface area contributed by atoms with Gasteiger partial charge in [0.1, 0.15) is 47.8 Å². The summed E-state index contributed by atoms with van der Waals surface area (Å²) in [6.45, 7) is 19.4. The highest BCUT2D eigenvalue weighted by Gasteiger charge is 2.39. The van der Waals surface area contributed by atoms with Crippen molar-refractivity contribution in [2.45, 2.75) is 212 Å². The average molecular weight is 1680 g/mol. The van der Waals surface area contributed by atoms with Gasteiger partial charge in [0.2, 0.25) is 11.7 Å². The molecule has 656 valence electrons. The maximum absolute atomic E-state index is 14.2. The summed E-state index contributed by atoms with van der Waals surface area (Å²) in [5.41, 5.74) is 20.3. The second-order valence-corrected chi connectivity index (χ2v) is 32.6. The number of thiocarbonyl (C=S) groups is 1. The second kappa shape index (κ2) is 50.2. The first-order valence-corrected chi connectivity index (χ1v) is 43.5. The number of aromatic nitrogens is 5. The highest BCUT2D eigenvalue weighted by molar-refractivity contribution is 7.80. The number of ketones is 2. The van der Waals surface area contributed by atoms with Gasteiger partial charge in [-0.2, -0.15) is 10.1 Å². The molecule has 119 heavy (non-hydrogen) atoms. The Balaban J connectivity index is 0.513. The Labute approximate surface area is 706 Å². The van der Waals surface area contributed by atoms with Crippen LogP contribution in [0.2, 0.25) is 0 Å². The number of nitrogen functional groups attached to an aromatic ring is 2. The van der Waals surface area contributed by atoms with Gasteiger partial charge in [0.05, 0.1) is 155 Å². The summed E-state index contributed by atoms with van der Waals surface area (Å²) >= 11 is 5.58.